The van der Waals surface area contributed by atoms with Crippen molar-refractivity contribution in [1.82, 2.24) is 4.90 Å². The minimum Gasteiger partial charge on any atom is -0.381 e. The number of hydrogen-bond donors (Lipinski definition) is 1. The number of likely N-dealkylation sites (N-methyl/N-ethyl adjacent to an activating group) is 1. The summed E-state index contributed by atoms with van der Waals surface area (Å²) >= 11 is 0. The van der Waals surface area contributed by atoms with Crippen molar-refractivity contribution in [3.63, 3.8) is 0 Å². The Labute approximate surface area is 114 Å². The molecule has 0 aromatic heterocycles. The molecule has 0 radical (unpaired) electrons. The van der Waals surface area contributed by atoms with Gasteiger partial charge in [-0.3, -0.25) is 4.90 Å². The third-order valence-corrected chi connectivity index (χ3v) is 4.06. The van der Waals surface area contributed by atoms with Crippen molar-refractivity contribution in [3.05, 3.63) is 35.1 Å². The highest BCUT2D eigenvalue weighted by Gasteiger charge is 2.25. The Morgan fingerprint density at radius 1 is 1.42 bits per heavy atom. The number of rotatable bonds is 4. The molecule has 0 amide bonds. The van der Waals surface area contributed by atoms with Gasteiger partial charge in [0.05, 0.1) is 0 Å². The normalized spacial score (nSPS) is 18.8. The Hall–Kier alpha value is -0.970. The maximum atomic E-state index is 13.7. The fourth-order valence-corrected chi connectivity index (χ4v) is 2.70. The van der Waals surface area contributed by atoms with Gasteiger partial charge in [0.15, 0.2) is 0 Å². The Balaban J connectivity index is 2.15. The molecule has 106 valence electrons. The van der Waals surface area contributed by atoms with Gasteiger partial charge in [-0.05, 0) is 44.0 Å². The van der Waals surface area contributed by atoms with Gasteiger partial charge in [-0.15, -0.1) is 0 Å². The summed E-state index contributed by atoms with van der Waals surface area (Å²) in [5.74, 6) is -0.156. The van der Waals surface area contributed by atoms with Crippen molar-refractivity contribution in [2.45, 2.75) is 31.8 Å². The number of aryl methyl sites for hydroxylation is 1. The molecule has 3 nitrogen and oxygen atoms in total. The predicted molar refractivity (Wildman–Crippen MR) is 74.5 cm³/mol. The zero-order valence-corrected chi connectivity index (χ0v) is 11.7. The van der Waals surface area contributed by atoms with Crippen LogP contribution >= 0.6 is 0 Å². The summed E-state index contributed by atoms with van der Waals surface area (Å²) in [6.07, 6.45) is 2.03. The summed E-state index contributed by atoms with van der Waals surface area (Å²) in [6, 6.07) is 5.95. The van der Waals surface area contributed by atoms with Crippen LogP contribution in [0.3, 0.4) is 0 Å². The van der Waals surface area contributed by atoms with Gasteiger partial charge in [-0.1, -0.05) is 12.1 Å². The monoisotopic (exact) mass is 266 g/mol. The van der Waals surface area contributed by atoms with Gasteiger partial charge in [-0.25, -0.2) is 4.39 Å². The maximum absolute atomic E-state index is 13.7. The molecular weight excluding hydrogens is 243 g/mol. The third kappa shape index (κ3) is 3.32. The molecule has 1 atom stereocenters. The molecule has 1 aliphatic heterocycles. The van der Waals surface area contributed by atoms with E-state index in [1.165, 1.54) is 0 Å². The summed E-state index contributed by atoms with van der Waals surface area (Å²) in [5, 5.41) is 0. The van der Waals surface area contributed by atoms with E-state index in [0.29, 0.717) is 18.2 Å². The van der Waals surface area contributed by atoms with Crippen LogP contribution in [0, 0.1) is 12.7 Å². The van der Waals surface area contributed by atoms with Crippen LogP contribution in [0.15, 0.2) is 18.2 Å². The van der Waals surface area contributed by atoms with Gasteiger partial charge in [-0.2, -0.15) is 0 Å². The number of hydrogen-bond acceptors (Lipinski definition) is 3. The van der Waals surface area contributed by atoms with E-state index in [9.17, 15) is 4.39 Å². The van der Waals surface area contributed by atoms with Crippen LogP contribution in [0.1, 0.15) is 30.0 Å². The van der Waals surface area contributed by atoms with Crippen LogP contribution < -0.4 is 5.73 Å². The van der Waals surface area contributed by atoms with Crippen LogP contribution in [-0.2, 0) is 4.74 Å². The Morgan fingerprint density at radius 3 is 2.68 bits per heavy atom. The summed E-state index contributed by atoms with van der Waals surface area (Å²) in [6.45, 7) is 3.87. The lowest BCUT2D eigenvalue weighted by Crippen LogP contribution is -2.41. The average molecular weight is 266 g/mol. The summed E-state index contributed by atoms with van der Waals surface area (Å²) in [7, 11) is 2.07. The SMILES string of the molecule is Cc1ccc(C(CN)N(C)C2CCOCC2)cc1F. The molecule has 19 heavy (non-hydrogen) atoms. The van der Waals surface area contributed by atoms with Gasteiger partial charge < -0.3 is 10.5 Å². The van der Waals surface area contributed by atoms with Crippen LogP contribution in [0.25, 0.3) is 0 Å². The van der Waals surface area contributed by atoms with Gasteiger partial charge in [0.25, 0.3) is 0 Å². The number of nitrogens with zero attached hydrogens (tertiary/aromatic N) is 1. The van der Waals surface area contributed by atoms with E-state index < -0.39 is 0 Å². The first-order valence-corrected chi connectivity index (χ1v) is 6.89. The van der Waals surface area contributed by atoms with E-state index in [0.717, 1.165) is 31.6 Å². The molecule has 1 unspecified atom stereocenters. The quantitative estimate of drug-likeness (QED) is 0.908. The van der Waals surface area contributed by atoms with E-state index in [-0.39, 0.29) is 11.9 Å². The molecule has 2 N–H and O–H groups in total. The zero-order valence-electron chi connectivity index (χ0n) is 11.7. The highest BCUT2D eigenvalue weighted by Crippen LogP contribution is 2.25. The van der Waals surface area contributed by atoms with Crippen LogP contribution in [0.4, 0.5) is 4.39 Å². The fraction of sp³-hybridized carbons (Fsp3) is 0.600. The van der Waals surface area contributed by atoms with Gasteiger partial charge in [0, 0.05) is 31.8 Å². The summed E-state index contributed by atoms with van der Waals surface area (Å²) in [4.78, 5) is 2.27. The van der Waals surface area contributed by atoms with Gasteiger partial charge >= 0.3 is 0 Å². The minimum absolute atomic E-state index is 0.0678. The first-order chi connectivity index (χ1) is 9.13. The molecular formula is C15H23FN2O. The molecule has 1 aromatic rings. The minimum atomic E-state index is -0.156. The molecule has 1 heterocycles. The summed E-state index contributed by atoms with van der Waals surface area (Å²) < 4.78 is 19.1. The highest BCUT2D eigenvalue weighted by atomic mass is 19.1. The van der Waals surface area contributed by atoms with Crippen molar-refractivity contribution >= 4 is 0 Å². The van der Waals surface area contributed by atoms with E-state index in [1.54, 1.807) is 13.0 Å². The van der Waals surface area contributed by atoms with E-state index in [1.807, 2.05) is 12.1 Å². The van der Waals surface area contributed by atoms with Gasteiger partial charge in [0.1, 0.15) is 5.82 Å². The van der Waals surface area contributed by atoms with Crippen LogP contribution in [0.5, 0.6) is 0 Å². The largest absolute Gasteiger partial charge is 0.381 e. The number of nitrogens with two attached hydrogens (primary N) is 1. The zero-order chi connectivity index (χ0) is 13.8. The molecule has 0 bridgehead atoms. The highest BCUT2D eigenvalue weighted by molar-refractivity contribution is 5.26. The second kappa shape index (κ2) is 6.46. The Kier molecular flexibility index (Phi) is 4.91. The lowest BCUT2D eigenvalue weighted by molar-refractivity contribution is 0.0293. The fourth-order valence-electron chi connectivity index (χ4n) is 2.70. The Bertz CT molecular complexity index is 419. The molecule has 1 aliphatic rings. The third-order valence-electron chi connectivity index (χ3n) is 4.06. The number of halogens is 1. The lowest BCUT2D eigenvalue weighted by atomic mass is 9.99. The van der Waals surface area contributed by atoms with Crippen molar-refractivity contribution in [1.29, 1.82) is 0 Å². The maximum Gasteiger partial charge on any atom is 0.126 e. The Morgan fingerprint density at radius 2 is 2.11 bits per heavy atom. The molecule has 1 saturated heterocycles. The number of benzene rings is 1. The molecule has 1 fully saturated rings. The van der Waals surface area contributed by atoms with E-state index in [2.05, 4.69) is 11.9 Å². The van der Waals surface area contributed by atoms with Crippen LogP contribution in [0.2, 0.25) is 0 Å². The number of ether oxygens (including phenoxy) is 1. The van der Waals surface area contributed by atoms with Crippen molar-refractivity contribution in [2.24, 2.45) is 5.73 Å². The van der Waals surface area contributed by atoms with Crippen molar-refractivity contribution in [2.75, 3.05) is 26.8 Å². The molecule has 4 heteroatoms. The predicted octanol–water partition coefficient (Wildman–Crippen LogP) is 2.24. The first kappa shape index (κ1) is 14.4. The average Bonchev–Trinajstić information content (AvgIpc) is 2.44. The molecule has 1 aromatic carbocycles. The van der Waals surface area contributed by atoms with Crippen LogP contribution in [-0.4, -0.2) is 37.7 Å². The van der Waals surface area contributed by atoms with E-state index >= 15 is 0 Å². The second-order valence-electron chi connectivity index (χ2n) is 5.27. The topological polar surface area (TPSA) is 38.5 Å². The molecule has 0 spiro atoms. The smallest absolute Gasteiger partial charge is 0.126 e. The molecule has 2 rings (SSSR count). The molecule has 0 saturated carbocycles. The molecule has 0 aliphatic carbocycles. The van der Waals surface area contributed by atoms with E-state index in [4.69, 9.17) is 10.5 Å². The first-order valence-electron chi connectivity index (χ1n) is 6.89. The van der Waals surface area contributed by atoms with Crippen molar-refractivity contribution < 1.29 is 9.13 Å². The van der Waals surface area contributed by atoms with Crippen molar-refractivity contribution in [3.8, 4) is 0 Å². The standard InChI is InChI=1S/C15H23FN2O/c1-11-3-4-12(9-14(11)16)15(10-17)18(2)13-5-7-19-8-6-13/h3-4,9,13,15H,5-8,10,17H2,1-2H3. The lowest BCUT2D eigenvalue weighted by Gasteiger charge is -2.37. The summed E-state index contributed by atoms with van der Waals surface area (Å²) in [5.41, 5.74) is 7.54. The second-order valence-corrected chi connectivity index (χ2v) is 5.27. The van der Waals surface area contributed by atoms with Gasteiger partial charge in [0.2, 0.25) is 0 Å².